The fraction of sp³-hybridized carbons (Fsp3) is 0.417. The summed E-state index contributed by atoms with van der Waals surface area (Å²) in [6.07, 6.45) is -0.452. The van der Waals surface area contributed by atoms with Crippen molar-refractivity contribution < 1.29 is 15.0 Å². The molecule has 0 fully saturated rings. The zero-order valence-corrected chi connectivity index (χ0v) is 9.81. The van der Waals surface area contributed by atoms with Crippen LogP contribution in [0.3, 0.4) is 0 Å². The van der Waals surface area contributed by atoms with Gasteiger partial charge in [0.15, 0.2) is 0 Å². The number of carbonyl (C=O) groups is 1. The summed E-state index contributed by atoms with van der Waals surface area (Å²) in [5, 5.41) is 23.4. The molecule has 94 valence electrons. The first-order valence-electron chi connectivity index (χ1n) is 5.48. The molecule has 0 bridgehead atoms. The van der Waals surface area contributed by atoms with E-state index in [1.54, 1.807) is 7.05 Å². The quantitative estimate of drug-likeness (QED) is 0.550. The predicted molar refractivity (Wildman–Crippen MR) is 65.8 cm³/mol. The van der Waals surface area contributed by atoms with E-state index in [1.165, 1.54) is 0 Å². The molecule has 17 heavy (non-hydrogen) atoms. The minimum absolute atomic E-state index is 0.0439. The number of rotatable bonds is 6. The lowest BCUT2D eigenvalue weighted by Gasteiger charge is -2.11. The summed E-state index contributed by atoms with van der Waals surface area (Å²) in [6, 6.07) is 7.39. The number of likely N-dealkylation sites (N-methyl/N-ethyl adjacent to an activating group) is 1. The van der Waals surface area contributed by atoms with E-state index >= 15 is 0 Å². The summed E-state index contributed by atoms with van der Waals surface area (Å²) >= 11 is 0. The van der Waals surface area contributed by atoms with Crippen LogP contribution in [-0.2, 0) is 11.2 Å². The maximum Gasteiger partial charge on any atom is 0.224 e. The monoisotopic (exact) mass is 238 g/mol. The van der Waals surface area contributed by atoms with Crippen LogP contribution in [0, 0.1) is 0 Å². The SMILES string of the molecule is CNC(=O)Cc1cccc(NCC(O)CO)c1. The molecule has 0 heterocycles. The first-order chi connectivity index (χ1) is 8.15. The van der Waals surface area contributed by atoms with Crippen molar-refractivity contribution in [1.82, 2.24) is 5.32 Å². The van der Waals surface area contributed by atoms with Gasteiger partial charge in [-0.2, -0.15) is 0 Å². The van der Waals surface area contributed by atoms with E-state index in [9.17, 15) is 9.90 Å². The van der Waals surface area contributed by atoms with Gasteiger partial charge in [-0.25, -0.2) is 0 Å². The summed E-state index contributed by atoms with van der Waals surface area (Å²) in [4.78, 5) is 11.2. The number of aliphatic hydroxyl groups excluding tert-OH is 2. The average Bonchev–Trinajstić information content (AvgIpc) is 2.36. The van der Waals surface area contributed by atoms with Crippen molar-refractivity contribution in [3.63, 3.8) is 0 Å². The standard InChI is InChI=1S/C12H18N2O3/c1-13-12(17)6-9-3-2-4-10(5-9)14-7-11(16)8-15/h2-5,11,14-16H,6-8H2,1H3,(H,13,17). The lowest BCUT2D eigenvalue weighted by Crippen LogP contribution is -2.23. The average molecular weight is 238 g/mol. The predicted octanol–water partition coefficient (Wildman–Crippen LogP) is -0.260. The van der Waals surface area contributed by atoms with Crippen LogP contribution in [0.25, 0.3) is 0 Å². The Hall–Kier alpha value is -1.59. The van der Waals surface area contributed by atoms with Gasteiger partial charge in [0.25, 0.3) is 0 Å². The molecule has 1 aromatic carbocycles. The molecular weight excluding hydrogens is 220 g/mol. The molecule has 1 rings (SSSR count). The number of amides is 1. The Balaban J connectivity index is 2.56. The van der Waals surface area contributed by atoms with Gasteiger partial charge < -0.3 is 20.8 Å². The Morgan fingerprint density at radius 1 is 1.47 bits per heavy atom. The molecule has 1 amide bonds. The van der Waals surface area contributed by atoms with Crippen molar-refractivity contribution in [2.75, 3.05) is 25.5 Å². The molecule has 0 spiro atoms. The van der Waals surface area contributed by atoms with E-state index in [0.717, 1.165) is 11.3 Å². The Bertz CT molecular complexity index is 369. The molecule has 0 aliphatic heterocycles. The second kappa shape index (κ2) is 6.88. The van der Waals surface area contributed by atoms with Gasteiger partial charge in [-0.3, -0.25) is 4.79 Å². The van der Waals surface area contributed by atoms with Gasteiger partial charge in [-0.15, -0.1) is 0 Å². The van der Waals surface area contributed by atoms with Gasteiger partial charge >= 0.3 is 0 Å². The van der Waals surface area contributed by atoms with Crippen LogP contribution in [0.1, 0.15) is 5.56 Å². The minimum Gasteiger partial charge on any atom is -0.394 e. The normalized spacial score (nSPS) is 11.9. The number of anilines is 1. The molecule has 4 N–H and O–H groups in total. The Morgan fingerprint density at radius 3 is 2.88 bits per heavy atom. The van der Waals surface area contributed by atoms with Crippen LogP contribution in [0.5, 0.6) is 0 Å². The fourth-order valence-corrected chi connectivity index (χ4v) is 1.37. The number of benzene rings is 1. The van der Waals surface area contributed by atoms with Crippen molar-refractivity contribution in [1.29, 1.82) is 0 Å². The van der Waals surface area contributed by atoms with Crippen molar-refractivity contribution in [3.8, 4) is 0 Å². The van der Waals surface area contributed by atoms with Crippen molar-refractivity contribution >= 4 is 11.6 Å². The number of hydrogen-bond donors (Lipinski definition) is 4. The lowest BCUT2D eigenvalue weighted by molar-refractivity contribution is -0.119. The van der Waals surface area contributed by atoms with Crippen LogP contribution in [0.2, 0.25) is 0 Å². The topological polar surface area (TPSA) is 81.6 Å². The Morgan fingerprint density at radius 2 is 2.24 bits per heavy atom. The highest BCUT2D eigenvalue weighted by Gasteiger charge is 2.03. The molecule has 5 nitrogen and oxygen atoms in total. The molecule has 0 aromatic heterocycles. The van der Waals surface area contributed by atoms with Crippen LogP contribution in [0.15, 0.2) is 24.3 Å². The van der Waals surface area contributed by atoms with Crippen LogP contribution in [0.4, 0.5) is 5.69 Å². The molecule has 0 aliphatic rings. The zero-order valence-electron chi connectivity index (χ0n) is 9.81. The van der Waals surface area contributed by atoms with Gasteiger partial charge in [0.05, 0.1) is 19.1 Å². The first-order valence-corrected chi connectivity index (χ1v) is 5.48. The molecule has 0 saturated heterocycles. The molecule has 0 saturated carbocycles. The third-order valence-electron chi connectivity index (χ3n) is 2.32. The van der Waals surface area contributed by atoms with Gasteiger partial charge in [0, 0.05) is 19.3 Å². The lowest BCUT2D eigenvalue weighted by atomic mass is 10.1. The summed E-state index contributed by atoms with van der Waals surface area (Å²) in [7, 11) is 1.60. The van der Waals surface area contributed by atoms with E-state index in [4.69, 9.17) is 5.11 Å². The van der Waals surface area contributed by atoms with Gasteiger partial charge in [-0.1, -0.05) is 12.1 Å². The second-order valence-corrected chi connectivity index (χ2v) is 3.77. The van der Waals surface area contributed by atoms with Crippen molar-refractivity contribution in [3.05, 3.63) is 29.8 Å². The zero-order chi connectivity index (χ0) is 12.7. The maximum absolute atomic E-state index is 11.2. The van der Waals surface area contributed by atoms with Crippen LogP contribution >= 0.6 is 0 Å². The van der Waals surface area contributed by atoms with Crippen LogP contribution < -0.4 is 10.6 Å². The number of hydrogen-bond acceptors (Lipinski definition) is 4. The fourth-order valence-electron chi connectivity index (χ4n) is 1.37. The molecular formula is C12H18N2O3. The van der Waals surface area contributed by atoms with Crippen LogP contribution in [-0.4, -0.2) is 42.4 Å². The molecule has 0 aliphatic carbocycles. The number of aliphatic hydroxyl groups is 2. The van der Waals surface area contributed by atoms with E-state index in [0.29, 0.717) is 6.42 Å². The van der Waals surface area contributed by atoms with Crippen molar-refractivity contribution in [2.24, 2.45) is 0 Å². The summed E-state index contributed by atoms with van der Waals surface area (Å²) in [5.41, 5.74) is 1.71. The molecule has 1 aromatic rings. The van der Waals surface area contributed by atoms with Gasteiger partial charge in [-0.05, 0) is 17.7 Å². The van der Waals surface area contributed by atoms with Gasteiger partial charge in [0.2, 0.25) is 5.91 Å². The highest BCUT2D eigenvalue weighted by molar-refractivity contribution is 5.78. The molecule has 1 unspecified atom stereocenters. The summed E-state index contributed by atoms with van der Waals surface area (Å²) < 4.78 is 0. The van der Waals surface area contributed by atoms with E-state index in [-0.39, 0.29) is 19.1 Å². The highest BCUT2D eigenvalue weighted by atomic mass is 16.3. The first kappa shape index (κ1) is 13.5. The Kier molecular flexibility index (Phi) is 5.45. The molecule has 1 atom stereocenters. The highest BCUT2D eigenvalue weighted by Crippen LogP contribution is 2.11. The van der Waals surface area contributed by atoms with Crippen molar-refractivity contribution in [2.45, 2.75) is 12.5 Å². The molecule has 5 heteroatoms. The summed E-state index contributed by atoms with van der Waals surface area (Å²) in [5.74, 6) is -0.0439. The van der Waals surface area contributed by atoms with E-state index < -0.39 is 6.10 Å². The largest absolute Gasteiger partial charge is 0.394 e. The minimum atomic E-state index is -0.780. The third kappa shape index (κ3) is 4.84. The molecule has 0 radical (unpaired) electrons. The number of carbonyl (C=O) groups excluding carboxylic acids is 1. The van der Waals surface area contributed by atoms with Gasteiger partial charge in [0.1, 0.15) is 0 Å². The summed E-state index contributed by atoms with van der Waals surface area (Å²) in [6.45, 7) is 0.00482. The van der Waals surface area contributed by atoms with E-state index in [2.05, 4.69) is 10.6 Å². The maximum atomic E-state index is 11.2. The Labute approximate surface area is 100 Å². The number of nitrogens with one attached hydrogen (secondary N) is 2. The third-order valence-corrected chi connectivity index (χ3v) is 2.32. The van der Waals surface area contributed by atoms with E-state index in [1.807, 2.05) is 24.3 Å². The second-order valence-electron chi connectivity index (χ2n) is 3.77. The smallest absolute Gasteiger partial charge is 0.224 e.